The van der Waals surface area contributed by atoms with E-state index in [1.807, 2.05) is 6.92 Å². The van der Waals surface area contributed by atoms with Gasteiger partial charge in [-0.15, -0.1) is 6.42 Å². The van der Waals surface area contributed by atoms with Crippen molar-refractivity contribution >= 4 is 23.2 Å². The number of amides is 2. The van der Waals surface area contributed by atoms with Crippen LogP contribution in [0.2, 0.25) is 0 Å². The summed E-state index contributed by atoms with van der Waals surface area (Å²) in [5.74, 6) is 7.22. The molecule has 0 fully saturated rings. The van der Waals surface area contributed by atoms with Gasteiger partial charge in [0.15, 0.2) is 11.3 Å². The average molecular weight is 415 g/mol. The van der Waals surface area contributed by atoms with E-state index in [0.29, 0.717) is 28.6 Å². The third-order valence-electron chi connectivity index (χ3n) is 4.69. The van der Waals surface area contributed by atoms with Crippen LogP contribution in [0, 0.1) is 31.1 Å². The fourth-order valence-electron chi connectivity index (χ4n) is 2.95. The largest absolute Gasteiger partial charge is 0.367 e. The molecule has 8 heteroatoms. The lowest BCUT2D eigenvalue weighted by molar-refractivity contribution is -0.117. The minimum Gasteiger partial charge on any atom is -0.367 e. The summed E-state index contributed by atoms with van der Waals surface area (Å²) in [5.41, 5.74) is 6.56. The number of hydrogen-bond acceptors (Lipinski definition) is 5. The minimum atomic E-state index is -1.67. The van der Waals surface area contributed by atoms with Crippen LogP contribution in [-0.2, 0) is 4.79 Å². The molecular formula is C23H21N5O3. The number of rotatable bonds is 6. The van der Waals surface area contributed by atoms with Crippen LogP contribution in [-0.4, -0.2) is 56.3 Å². The molecule has 2 amide bonds. The van der Waals surface area contributed by atoms with Crippen molar-refractivity contribution in [2.75, 3.05) is 13.6 Å². The Bertz CT molecular complexity index is 1260. The first-order valence-corrected chi connectivity index (χ1v) is 9.41. The molecule has 0 aliphatic carbocycles. The Hall–Kier alpha value is -4.14. The van der Waals surface area contributed by atoms with Gasteiger partial charge in [0.05, 0.1) is 17.4 Å². The van der Waals surface area contributed by atoms with E-state index in [2.05, 4.69) is 27.8 Å². The van der Waals surface area contributed by atoms with Crippen molar-refractivity contribution in [3.8, 4) is 29.9 Å². The predicted molar refractivity (Wildman–Crippen MR) is 116 cm³/mol. The van der Waals surface area contributed by atoms with Crippen LogP contribution in [0.1, 0.15) is 28.2 Å². The number of aryl methyl sites for hydroxylation is 1. The molecule has 0 unspecified atom stereocenters. The molecule has 0 aliphatic heterocycles. The SMILES string of the molecule is C#C[C@](O)(C#Cc1cccc(-n2nc(C(N)=O)c3cc(C)ncc32)c1)CCN(C)C=O. The topological polar surface area (TPSA) is 114 Å². The van der Waals surface area contributed by atoms with Gasteiger partial charge in [-0.3, -0.25) is 14.6 Å². The lowest BCUT2D eigenvalue weighted by atomic mass is 10.0. The first kappa shape index (κ1) is 21.6. The van der Waals surface area contributed by atoms with Crippen LogP contribution in [0.5, 0.6) is 0 Å². The van der Waals surface area contributed by atoms with Gasteiger partial charge >= 0.3 is 0 Å². The average Bonchev–Trinajstić information content (AvgIpc) is 3.15. The summed E-state index contributed by atoms with van der Waals surface area (Å²) in [4.78, 5) is 28.2. The highest BCUT2D eigenvalue weighted by Crippen LogP contribution is 2.22. The highest BCUT2D eigenvalue weighted by molar-refractivity contribution is 6.04. The van der Waals surface area contributed by atoms with Gasteiger partial charge in [-0.05, 0) is 37.1 Å². The van der Waals surface area contributed by atoms with Gasteiger partial charge in [0.2, 0.25) is 6.41 Å². The number of carbonyl (C=O) groups is 2. The van der Waals surface area contributed by atoms with E-state index in [1.165, 1.54) is 4.90 Å². The van der Waals surface area contributed by atoms with Crippen LogP contribution in [0.3, 0.4) is 0 Å². The number of primary amides is 1. The molecule has 0 spiro atoms. The summed E-state index contributed by atoms with van der Waals surface area (Å²) in [5, 5.41) is 15.5. The van der Waals surface area contributed by atoms with Crippen molar-refractivity contribution in [1.29, 1.82) is 0 Å². The van der Waals surface area contributed by atoms with Crippen LogP contribution in [0.15, 0.2) is 36.5 Å². The Morgan fingerprint density at radius 2 is 2.19 bits per heavy atom. The number of pyridine rings is 1. The molecule has 2 aromatic heterocycles. The van der Waals surface area contributed by atoms with Gasteiger partial charge in [-0.1, -0.05) is 17.9 Å². The van der Waals surface area contributed by atoms with Gasteiger partial charge in [0.1, 0.15) is 0 Å². The van der Waals surface area contributed by atoms with Crippen molar-refractivity contribution < 1.29 is 14.7 Å². The summed E-state index contributed by atoms with van der Waals surface area (Å²) in [6, 6.07) is 8.83. The second-order valence-electron chi connectivity index (χ2n) is 7.11. The molecule has 0 bridgehead atoms. The molecule has 3 N–H and O–H groups in total. The maximum atomic E-state index is 11.8. The third kappa shape index (κ3) is 4.72. The van der Waals surface area contributed by atoms with E-state index in [1.54, 1.807) is 48.3 Å². The van der Waals surface area contributed by atoms with E-state index >= 15 is 0 Å². The van der Waals surface area contributed by atoms with Crippen LogP contribution in [0.4, 0.5) is 0 Å². The van der Waals surface area contributed by atoms with E-state index in [-0.39, 0.29) is 18.7 Å². The fourth-order valence-corrected chi connectivity index (χ4v) is 2.95. The summed E-state index contributed by atoms with van der Waals surface area (Å²) in [6.45, 7) is 2.08. The lowest BCUT2D eigenvalue weighted by Gasteiger charge is -2.18. The second-order valence-corrected chi connectivity index (χ2v) is 7.11. The molecule has 0 saturated carbocycles. The standard InChI is InChI=1S/C23H21N5O3/c1-4-23(31,10-11-27(3)15-29)9-8-17-6-5-7-18(13-17)28-20-14-25-16(2)12-19(20)21(26-28)22(24)30/h1,5-7,12-15,31H,10-11H2,2-3H3,(H2,24,30)/t23-/m0/s1. The number of aromatic nitrogens is 3. The first-order valence-electron chi connectivity index (χ1n) is 9.41. The molecular weight excluding hydrogens is 394 g/mol. The number of carbonyl (C=O) groups excluding carboxylic acids is 2. The van der Waals surface area contributed by atoms with E-state index in [0.717, 1.165) is 5.69 Å². The van der Waals surface area contributed by atoms with Gasteiger partial charge < -0.3 is 15.7 Å². The number of aliphatic hydroxyl groups is 1. The Balaban J connectivity index is 1.99. The highest BCUT2D eigenvalue weighted by Gasteiger charge is 2.21. The number of nitrogens with zero attached hydrogens (tertiary/aromatic N) is 4. The Morgan fingerprint density at radius 3 is 2.87 bits per heavy atom. The van der Waals surface area contributed by atoms with Crippen LogP contribution in [0.25, 0.3) is 16.6 Å². The molecule has 31 heavy (non-hydrogen) atoms. The number of fused-ring (bicyclic) bond motifs is 1. The fraction of sp³-hybridized carbons (Fsp3) is 0.217. The first-order chi connectivity index (χ1) is 14.8. The quantitative estimate of drug-likeness (QED) is 0.461. The molecule has 156 valence electrons. The molecule has 1 atom stereocenters. The van der Waals surface area contributed by atoms with Crippen LogP contribution >= 0.6 is 0 Å². The van der Waals surface area contributed by atoms with Crippen molar-refractivity contribution in [2.45, 2.75) is 18.9 Å². The van der Waals surface area contributed by atoms with Crippen molar-refractivity contribution in [2.24, 2.45) is 5.73 Å². The molecule has 3 aromatic rings. The zero-order valence-electron chi connectivity index (χ0n) is 17.2. The lowest BCUT2D eigenvalue weighted by Crippen LogP contribution is -2.30. The molecule has 0 aliphatic rings. The molecule has 0 radical (unpaired) electrons. The molecule has 0 saturated heterocycles. The number of nitrogens with two attached hydrogens (primary N) is 1. The van der Waals surface area contributed by atoms with Crippen molar-refractivity contribution in [1.82, 2.24) is 19.7 Å². The zero-order chi connectivity index (χ0) is 22.6. The number of benzene rings is 1. The highest BCUT2D eigenvalue weighted by atomic mass is 16.3. The molecule has 3 rings (SSSR count). The normalized spacial score (nSPS) is 12.3. The van der Waals surface area contributed by atoms with E-state index < -0.39 is 11.5 Å². The maximum Gasteiger partial charge on any atom is 0.269 e. The summed E-state index contributed by atoms with van der Waals surface area (Å²) in [7, 11) is 1.59. The van der Waals surface area contributed by atoms with E-state index in [9.17, 15) is 14.7 Å². The molecule has 1 aromatic carbocycles. The Labute approximate surface area is 179 Å². The molecule has 8 nitrogen and oxygen atoms in total. The third-order valence-corrected chi connectivity index (χ3v) is 4.69. The number of hydrogen-bond donors (Lipinski definition) is 2. The monoisotopic (exact) mass is 415 g/mol. The Kier molecular flexibility index (Phi) is 6.05. The van der Waals surface area contributed by atoms with Crippen LogP contribution < -0.4 is 5.73 Å². The van der Waals surface area contributed by atoms with Crippen molar-refractivity contribution in [3.63, 3.8) is 0 Å². The van der Waals surface area contributed by atoms with Crippen molar-refractivity contribution in [3.05, 3.63) is 53.5 Å². The zero-order valence-corrected chi connectivity index (χ0v) is 17.2. The second kappa shape index (κ2) is 8.70. The number of terminal acetylenes is 1. The van der Waals surface area contributed by atoms with Gasteiger partial charge in [0, 0.05) is 36.7 Å². The predicted octanol–water partition coefficient (Wildman–Crippen LogP) is 1.02. The summed E-state index contributed by atoms with van der Waals surface area (Å²) < 4.78 is 1.57. The summed E-state index contributed by atoms with van der Waals surface area (Å²) in [6.07, 6.45) is 7.84. The van der Waals surface area contributed by atoms with Gasteiger partial charge in [-0.25, -0.2) is 4.68 Å². The van der Waals surface area contributed by atoms with Gasteiger partial charge in [0.25, 0.3) is 5.91 Å². The minimum absolute atomic E-state index is 0.113. The molecule has 2 heterocycles. The smallest absolute Gasteiger partial charge is 0.269 e. The summed E-state index contributed by atoms with van der Waals surface area (Å²) >= 11 is 0. The van der Waals surface area contributed by atoms with E-state index in [4.69, 9.17) is 12.2 Å². The maximum absolute atomic E-state index is 11.8. The Morgan fingerprint density at radius 1 is 1.42 bits per heavy atom. The van der Waals surface area contributed by atoms with Gasteiger partial charge in [-0.2, -0.15) is 5.10 Å².